The molecule has 33 heavy (non-hydrogen) atoms. The van der Waals surface area contributed by atoms with Gasteiger partial charge in [0.1, 0.15) is 11.6 Å². The SMILES string of the molecule is O=C(Cc1cccc(F)c1)N1CCC[C@H]1c1nc2c(c(=O)[nH]1)CN(Cc1cccnc1)CC2. The maximum atomic E-state index is 13.5. The molecule has 0 bridgehead atoms. The van der Waals surface area contributed by atoms with Gasteiger partial charge in [-0.2, -0.15) is 0 Å². The number of amides is 1. The van der Waals surface area contributed by atoms with Crippen LogP contribution in [0.25, 0.3) is 0 Å². The number of rotatable bonds is 5. The Balaban J connectivity index is 1.32. The molecule has 0 spiro atoms. The highest BCUT2D eigenvalue weighted by Gasteiger charge is 2.33. The van der Waals surface area contributed by atoms with Crippen molar-refractivity contribution in [1.82, 2.24) is 24.8 Å². The lowest BCUT2D eigenvalue weighted by Gasteiger charge is -2.29. The molecular weight excluding hydrogens is 421 g/mol. The topological polar surface area (TPSA) is 82.2 Å². The minimum atomic E-state index is -0.350. The average Bonchev–Trinajstić information content (AvgIpc) is 3.30. The van der Waals surface area contributed by atoms with Gasteiger partial charge >= 0.3 is 0 Å². The predicted molar refractivity (Wildman–Crippen MR) is 121 cm³/mol. The van der Waals surface area contributed by atoms with Crippen LogP contribution in [-0.2, 0) is 30.7 Å². The van der Waals surface area contributed by atoms with Gasteiger partial charge in [0.15, 0.2) is 0 Å². The summed E-state index contributed by atoms with van der Waals surface area (Å²) < 4.78 is 13.5. The number of benzene rings is 1. The average molecular weight is 448 g/mol. The van der Waals surface area contributed by atoms with Crippen molar-refractivity contribution in [2.24, 2.45) is 0 Å². The molecule has 1 atom stereocenters. The molecule has 2 aromatic heterocycles. The zero-order valence-electron chi connectivity index (χ0n) is 18.3. The minimum absolute atomic E-state index is 0.0777. The number of carbonyl (C=O) groups is 1. The number of nitrogens with one attached hydrogen (secondary N) is 1. The summed E-state index contributed by atoms with van der Waals surface area (Å²) in [4.78, 5) is 41.9. The molecule has 3 aromatic rings. The first-order valence-electron chi connectivity index (χ1n) is 11.3. The van der Waals surface area contributed by atoms with Crippen LogP contribution < -0.4 is 5.56 Å². The van der Waals surface area contributed by atoms with Crippen molar-refractivity contribution in [3.8, 4) is 0 Å². The second kappa shape index (κ2) is 9.23. The number of hydrogen-bond acceptors (Lipinski definition) is 5. The Morgan fingerprint density at radius 2 is 2.06 bits per heavy atom. The van der Waals surface area contributed by atoms with E-state index in [0.29, 0.717) is 36.5 Å². The van der Waals surface area contributed by atoms with Crippen LogP contribution in [0.15, 0.2) is 53.6 Å². The smallest absolute Gasteiger partial charge is 0.255 e. The van der Waals surface area contributed by atoms with Crippen LogP contribution in [-0.4, -0.2) is 43.7 Å². The standard InChI is InChI=1S/C25H26FN5O2/c26-19-6-1-4-17(12-19)13-23(32)31-10-3-7-22(31)24-28-21-8-11-30(16-20(21)25(33)29-24)15-18-5-2-9-27-14-18/h1-2,4-6,9,12,14,22H,3,7-8,10-11,13,15-16H2,(H,28,29,33)/t22-/m0/s1. The number of halogens is 1. The van der Waals surface area contributed by atoms with Gasteiger partial charge in [-0.05, 0) is 42.2 Å². The van der Waals surface area contributed by atoms with E-state index in [-0.39, 0.29) is 29.7 Å². The van der Waals surface area contributed by atoms with E-state index in [4.69, 9.17) is 4.98 Å². The monoisotopic (exact) mass is 447 g/mol. The third kappa shape index (κ3) is 4.71. The maximum absolute atomic E-state index is 13.5. The van der Waals surface area contributed by atoms with Crippen molar-refractivity contribution in [2.75, 3.05) is 13.1 Å². The zero-order chi connectivity index (χ0) is 22.8. The third-order valence-corrected chi connectivity index (χ3v) is 6.43. The molecule has 5 rings (SSSR count). The predicted octanol–water partition coefficient (Wildman–Crippen LogP) is 2.77. The Bertz CT molecular complexity index is 1210. The quantitative estimate of drug-likeness (QED) is 0.651. The van der Waals surface area contributed by atoms with Crippen molar-refractivity contribution in [3.63, 3.8) is 0 Å². The molecule has 1 aromatic carbocycles. The summed E-state index contributed by atoms with van der Waals surface area (Å²) in [5.41, 5.74) is 3.15. The third-order valence-electron chi connectivity index (χ3n) is 6.43. The number of aromatic nitrogens is 3. The fraction of sp³-hybridized carbons (Fsp3) is 0.360. The van der Waals surface area contributed by atoms with Crippen LogP contribution in [0.4, 0.5) is 4.39 Å². The number of pyridine rings is 1. The Kier molecular flexibility index (Phi) is 6.00. The van der Waals surface area contributed by atoms with E-state index < -0.39 is 0 Å². The Labute approximate surface area is 191 Å². The Morgan fingerprint density at radius 1 is 1.18 bits per heavy atom. The number of fused-ring (bicyclic) bond motifs is 1. The van der Waals surface area contributed by atoms with E-state index >= 15 is 0 Å². The fourth-order valence-corrected chi connectivity index (χ4v) is 4.82. The molecular formula is C25H26FN5O2. The van der Waals surface area contributed by atoms with Gasteiger partial charge in [-0.15, -0.1) is 0 Å². The van der Waals surface area contributed by atoms with Crippen LogP contribution in [0.3, 0.4) is 0 Å². The number of nitrogens with zero attached hydrogens (tertiary/aromatic N) is 4. The van der Waals surface area contributed by atoms with Gasteiger partial charge in [0, 0.05) is 45.0 Å². The van der Waals surface area contributed by atoms with E-state index in [9.17, 15) is 14.0 Å². The van der Waals surface area contributed by atoms with Gasteiger partial charge in [0.2, 0.25) is 5.91 Å². The molecule has 1 saturated heterocycles. The van der Waals surface area contributed by atoms with Gasteiger partial charge in [0.05, 0.1) is 23.7 Å². The molecule has 1 N–H and O–H groups in total. The molecule has 7 nitrogen and oxygen atoms in total. The molecule has 4 heterocycles. The summed E-state index contributed by atoms with van der Waals surface area (Å²) in [6, 6.07) is 9.81. The van der Waals surface area contributed by atoms with E-state index in [2.05, 4.69) is 14.9 Å². The van der Waals surface area contributed by atoms with Crippen LogP contribution in [0.1, 0.15) is 47.1 Å². The molecule has 2 aliphatic rings. The molecule has 0 unspecified atom stereocenters. The van der Waals surface area contributed by atoms with Gasteiger partial charge in [0.25, 0.3) is 5.56 Å². The lowest BCUT2D eigenvalue weighted by molar-refractivity contribution is -0.131. The highest BCUT2D eigenvalue weighted by Crippen LogP contribution is 2.31. The van der Waals surface area contributed by atoms with Crippen molar-refractivity contribution in [2.45, 2.75) is 44.8 Å². The summed E-state index contributed by atoms with van der Waals surface area (Å²) in [7, 11) is 0. The van der Waals surface area contributed by atoms with Crippen molar-refractivity contribution in [1.29, 1.82) is 0 Å². The van der Waals surface area contributed by atoms with Gasteiger partial charge in [-0.1, -0.05) is 18.2 Å². The normalized spacial score (nSPS) is 18.3. The van der Waals surface area contributed by atoms with Crippen LogP contribution in [0.5, 0.6) is 0 Å². The first-order chi connectivity index (χ1) is 16.1. The molecule has 2 aliphatic heterocycles. The molecule has 0 saturated carbocycles. The van der Waals surface area contributed by atoms with Crippen LogP contribution in [0.2, 0.25) is 0 Å². The zero-order valence-corrected chi connectivity index (χ0v) is 18.3. The molecule has 1 amide bonds. The highest BCUT2D eigenvalue weighted by molar-refractivity contribution is 5.79. The first-order valence-corrected chi connectivity index (χ1v) is 11.3. The second-order valence-electron chi connectivity index (χ2n) is 8.75. The lowest BCUT2D eigenvalue weighted by Crippen LogP contribution is -2.38. The first kappa shape index (κ1) is 21.5. The number of hydrogen-bond donors (Lipinski definition) is 1. The van der Waals surface area contributed by atoms with E-state index in [1.54, 1.807) is 23.2 Å². The van der Waals surface area contributed by atoms with Crippen LogP contribution >= 0.6 is 0 Å². The van der Waals surface area contributed by atoms with Gasteiger partial charge in [-0.3, -0.25) is 19.5 Å². The molecule has 1 fully saturated rings. The fourth-order valence-electron chi connectivity index (χ4n) is 4.82. The second-order valence-corrected chi connectivity index (χ2v) is 8.75. The van der Waals surface area contributed by atoms with Crippen molar-refractivity contribution >= 4 is 5.91 Å². The Hall–Kier alpha value is -3.39. The Morgan fingerprint density at radius 3 is 2.88 bits per heavy atom. The maximum Gasteiger partial charge on any atom is 0.255 e. The summed E-state index contributed by atoms with van der Waals surface area (Å²) in [6.07, 6.45) is 6.02. The lowest BCUT2D eigenvalue weighted by atomic mass is 10.1. The summed E-state index contributed by atoms with van der Waals surface area (Å²) >= 11 is 0. The molecule has 0 radical (unpaired) electrons. The largest absolute Gasteiger partial charge is 0.332 e. The van der Waals surface area contributed by atoms with E-state index in [1.807, 2.05) is 18.3 Å². The highest BCUT2D eigenvalue weighted by atomic mass is 19.1. The summed E-state index contributed by atoms with van der Waals surface area (Å²) in [5.74, 6) is 0.132. The molecule has 170 valence electrons. The summed E-state index contributed by atoms with van der Waals surface area (Å²) in [5, 5.41) is 0. The molecule has 0 aliphatic carbocycles. The van der Waals surface area contributed by atoms with E-state index in [1.165, 1.54) is 12.1 Å². The van der Waals surface area contributed by atoms with E-state index in [0.717, 1.165) is 37.2 Å². The number of carbonyl (C=O) groups excluding carboxylic acids is 1. The van der Waals surface area contributed by atoms with Crippen LogP contribution in [0, 0.1) is 5.82 Å². The minimum Gasteiger partial charge on any atom is -0.332 e. The van der Waals surface area contributed by atoms with Gasteiger partial charge < -0.3 is 9.88 Å². The van der Waals surface area contributed by atoms with Crippen molar-refractivity contribution < 1.29 is 9.18 Å². The van der Waals surface area contributed by atoms with Gasteiger partial charge in [-0.25, -0.2) is 9.37 Å². The van der Waals surface area contributed by atoms with Crippen molar-refractivity contribution in [3.05, 3.63) is 93.2 Å². The molecule has 8 heteroatoms. The number of aromatic amines is 1. The summed E-state index contributed by atoms with van der Waals surface area (Å²) in [6.45, 7) is 2.70. The number of likely N-dealkylation sites (tertiary alicyclic amines) is 1. The number of H-pyrrole nitrogens is 1.